The number of carbonyl (C=O) groups excluding carboxylic acids is 1. The fourth-order valence-electron chi connectivity index (χ4n) is 1.48. The van der Waals surface area contributed by atoms with Gasteiger partial charge in [0.25, 0.3) is 0 Å². The summed E-state index contributed by atoms with van der Waals surface area (Å²) < 4.78 is 10.0. The molecule has 4 heteroatoms. The van der Waals surface area contributed by atoms with Crippen molar-refractivity contribution in [2.75, 3.05) is 7.11 Å². The Morgan fingerprint density at radius 2 is 2.36 bits per heavy atom. The smallest absolute Gasteiger partial charge is 0.338 e. The summed E-state index contributed by atoms with van der Waals surface area (Å²) in [5.41, 5.74) is -0.452. The molecule has 1 saturated heterocycles. The van der Waals surface area contributed by atoms with E-state index in [1.807, 2.05) is 26.0 Å². The number of hydrogen-bond acceptors (Lipinski definition) is 4. The molecule has 0 saturated carbocycles. The Morgan fingerprint density at radius 3 is 2.86 bits per heavy atom. The van der Waals surface area contributed by atoms with Crippen LogP contribution in [0.4, 0.5) is 0 Å². The van der Waals surface area contributed by atoms with Crippen LogP contribution in [0.5, 0.6) is 0 Å². The maximum atomic E-state index is 11.2. The van der Waals surface area contributed by atoms with Gasteiger partial charge in [-0.15, -0.1) is 11.3 Å². The van der Waals surface area contributed by atoms with Crippen LogP contribution in [0.1, 0.15) is 16.7 Å². The van der Waals surface area contributed by atoms with E-state index in [0.717, 1.165) is 4.88 Å². The van der Waals surface area contributed by atoms with Gasteiger partial charge in [-0.3, -0.25) is 0 Å². The second kappa shape index (κ2) is 3.07. The van der Waals surface area contributed by atoms with Gasteiger partial charge in [-0.05, 0) is 26.0 Å². The molecular formula is C10H12O3S. The van der Waals surface area contributed by atoms with E-state index in [2.05, 4.69) is 4.74 Å². The predicted molar refractivity (Wildman–Crippen MR) is 53.3 cm³/mol. The number of esters is 1. The van der Waals surface area contributed by atoms with Gasteiger partial charge in [0.1, 0.15) is 5.60 Å². The Morgan fingerprint density at radius 1 is 1.64 bits per heavy atom. The van der Waals surface area contributed by atoms with Crippen LogP contribution in [0, 0.1) is 6.92 Å². The van der Waals surface area contributed by atoms with Crippen LogP contribution in [-0.4, -0.2) is 19.2 Å². The first-order chi connectivity index (χ1) is 6.58. The average molecular weight is 212 g/mol. The Kier molecular flexibility index (Phi) is 2.12. The average Bonchev–Trinajstić information content (AvgIpc) is 2.65. The molecule has 1 aliphatic heterocycles. The van der Waals surface area contributed by atoms with Gasteiger partial charge in [-0.25, -0.2) is 4.79 Å². The van der Waals surface area contributed by atoms with Crippen molar-refractivity contribution in [1.29, 1.82) is 0 Å². The number of thiophene rings is 1. The predicted octanol–water partition coefficient (Wildman–Crippen LogP) is 1.84. The number of rotatable bonds is 2. The summed E-state index contributed by atoms with van der Waals surface area (Å²) in [4.78, 5) is 13.5. The molecule has 2 atom stereocenters. The van der Waals surface area contributed by atoms with Crippen LogP contribution >= 0.6 is 11.3 Å². The molecule has 1 aromatic rings. The third-order valence-electron chi connectivity index (χ3n) is 2.45. The highest BCUT2D eigenvalue weighted by Gasteiger charge is 2.59. The molecule has 2 unspecified atom stereocenters. The number of ether oxygens (including phenoxy) is 2. The maximum Gasteiger partial charge on any atom is 0.338 e. The molecule has 2 rings (SSSR count). The summed E-state index contributed by atoms with van der Waals surface area (Å²) in [6, 6.07) is 4.03. The van der Waals surface area contributed by atoms with Crippen molar-refractivity contribution in [3.63, 3.8) is 0 Å². The number of carbonyl (C=O) groups is 1. The second-order valence-electron chi connectivity index (χ2n) is 3.54. The molecule has 0 radical (unpaired) electrons. The van der Waals surface area contributed by atoms with Crippen molar-refractivity contribution < 1.29 is 14.3 Å². The van der Waals surface area contributed by atoms with E-state index >= 15 is 0 Å². The zero-order valence-electron chi connectivity index (χ0n) is 8.37. The summed E-state index contributed by atoms with van der Waals surface area (Å²) >= 11 is 1.66. The number of hydrogen-bond donors (Lipinski definition) is 0. The van der Waals surface area contributed by atoms with E-state index < -0.39 is 11.7 Å². The van der Waals surface area contributed by atoms with Crippen LogP contribution in [0.2, 0.25) is 0 Å². The summed E-state index contributed by atoms with van der Waals surface area (Å²) in [7, 11) is 1.38. The first-order valence-electron chi connectivity index (χ1n) is 4.40. The zero-order chi connectivity index (χ0) is 10.3. The molecule has 3 nitrogen and oxygen atoms in total. The topological polar surface area (TPSA) is 38.8 Å². The highest BCUT2D eigenvalue weighted by Crippen LogP contribution is 2.48. The second-order valence-corrected chi connectivity index (χ2v) is 4.83. The fraction of sp³-hybridized carbons (Fsp3) is 0.500. The van der Waals surface area contributed by atoms with Crippen molar-refractivity contribution in [1.82, 2.24) is 0 Å². The number of aryl methyl sites for hydroxylation is 1. The molecule has 0 aliphatic carbocycles. The first kappa shape index (κ1) is 9.68. The summed E-state index contributed by atoms with van der Waals surface area (Å²) in [6.07, 6.45) is -0.425. The van der Waals surface area contributed by atoms with Crippen LogP contribution in [-0.2, 0) is 19.9 Å². The van der Waals surface area contributed by atoms with Gasteiger partial charge < -0.3 is 9.47 Å². The molecule has 2 heterocycles. The number of methoxy groups -OCH3 is 1. The molecule has 1 aliphatic rings. The minimum atomic E-state index is -0.452. The SMILES string of the molecule is COC(=O)C1OC1(C)c1ccc(C)s1. The molecule has 1 fully saturated rings. The first-order valence-corrected chi connectivity index (χ1v) is 5.22. The van der Waals surface area contributed by atoms with Crippen LogP contribution in [0.15, 0.2) is 12.1 Å². The third kappa shape index (κ3) is 1.35. The van der Waals surface area contributed by atoms with Crippen LogP contribution < -0.4 is 0 Å². The Hall–Kier alpha value is -0.870. The largest absolute Gasteiger partial charge is 0.467 e. The lowest BCUT2D eigenvalue weighted by Gasteiger charge is -2.01. The molecule has 0 bridgehead atoms. The van der Waals surface area contributed by atoms with E-state index in [9.17, 15) is 4.79 Å². The maximum absolute atomic E-state index is 11.2. The van der Waals surface area contributed by atoms with E-state index in [0.29, 0.717) is 0 Å². The van der Waals surface area contributed by atoms with Gasteiger partial charge in [0.15, 0.2) is 6.10 Å². The van der Waals surface area contributed by atoms with Crippen molar-refractivity contribution in [2.24, 2.45) is 0 Å². The molecule has 76 valence electrons. The standard InChI is InChI=1S/C10H12O3S/c1-6-4-5-7(14-6)10(2)8(13-10)9(11)12-3/h4-5,8H,1-3H3. The summed E-state index contributed by atoms with van der Waals surface area (Å²) in [6.45, 7) is 3.95. The van der Waals surface area contributed by atoms with E-state index in [-0.39, 0.29) is 5.97 Å². The minimum Gasteiger partial charge on any atom is -0.467 e. The van der Waals surface area contributed by atoms with Crippen molar-refractivity contribution >= 4 is 17.3 Å². The molecule has 0 spiro atoms. The molecule has 1 aromatic heterocycles. The molecule has 0 N–H and O–H groups in total. The summed E-state index contributed by atoms with van der Waals surface area (Å²) in [5.74, 6) is -0.293. The Balaban J connectivity index is 2.18. The lowest BCUT2D eigenvalue weighted by Crippen LogP contribution is -2.16. The van der Waals surface area contributed by atoms with E-state index in [1.165, 1.54) is 12.0 Å². The highest BCUT2D eigenvalue weighted by molar-refractivity contribution is 7.12. The van der Waals surface area contributed by atoms with E-state index in [4.69, 9.17) is 4.74 Å². The lowest BCUT2D eigenvalue weighted by atomic mass is 10.1. The number of epoxide rings is 1. The van der Waals surface area contributed by atoms with Gasteiger partial charge in [0.2, 0.25) is 0 Å². The van der Waals surface area contributed by atoms with Crippen molar-refractivity contribution in [3.8, 4) is 0 Å². The van der Waals surface area contributed by atoms with E-state index in [1.54, 1.807) is 11.3 Å². The highest BCUT2D eigenvalue weighted by atomic mass is 32.1. The normalized spacial score (nSPS) is 30.1. The lowest BCUT2D eigenvalue weighted by molar-refractivity contribution is -0.142. The Labute approximate surface area is 86.6 Å². The minimum absolute atomic E-state index is 0.293. The van der Waals surface area contributed by atoms with Gasteiger partial charge in [-0.1, -0.05) is 0 Å². The van der Waals surface area contributed by atoms with Gasteiger partial charge in [0.05, 0.1) is 7.11 Å². The molecule has 14 heavy (non-hydrogen) atoms. The van der Waals surface area contributed by atoms with Crippen LogP contribution in [0.25, 0.3) is 0 Å². The van der Waals surface area contributed by atoms with Crippen molar-refractivity contribution in [2.45, 2.75) is 25.6 Å². The quantitative estimate of drug-likeness (QED) is 0.554. The van der Waals surface area contributed by atoms with Gasteiger partial charge in [-0.2, -0.15) is 0 Å². The Bertz CT molecular complexity index is 371. The molecule has 0 amide bonds. The monoisotopic (exact) mass is 212 g/mol. The summed E-state index contributed by atoms with van der Waals surface area (Å²) in [5, 5.41) is 0. The van der Waals surface area contributed by atoms with Gasteiger partial charge in [0, 0.05) is 9.75 Å². The van der Waals surface area contributed by atoms with Gasteiger partial charge >= 0.3 is 5.97 Å². The molecular weight excluding hydrogens is 200 g/mol. The fourth-order valence-corrected chi connectivity index (χ4v) is 2.46. The molecule has 0 aromatic carbocycles. The third-order valence-corrected chi connectivity index (χ3v) is 3.67. The van der Waals surface area contributed by atoms with Crippen LogP contribution in [0.3, 0.4) is 0 Å². The zero-order valence-corrected chi connectivity index (χ0v) is 9.18. The van der Waals surface area contributed by atoms with Crippen molar-refractivity contribution in [3.05, 3.63) is 21.9 Å².